The van der Waals surface area contributed by atoms with Gasteiger partial charge in [0.15, 0.2) is 0 Å². The van der Waals surface area contributed by atoms with Gasteiger partial charge in [-0.15, -0.1) is 10.2 Å². The molecule has 4 rings (SSSR count). The molecule has 2 aromatic carbocycles. The molecule has 10 heteroatoms. The maximum atomic E-state index is 13.0. The molecule has 0 bridgehead atoms. The first-order valence-electron chi connectivity index (χ1n) is 10.8. The molecule has 0 atom stereocenters. The number of nitrogens with zero attached hydrogens (tertiary/aromatic N) is 3. The zero-order valence-electron chi connectivity index (χ0n) is 18.2. The van der Waals surface area contributed by atoms with Crippen molar-refractivity contribution in [3.05, 3.63) is 65.8 Å². The van der Waals surface area contributed by atoms with Crippen molar-refractivity contribution in [2.75, 3.05) is 13.1 Å². The van der Waals surface area contributed by atoms with Crippen molar-refractivity contribution in [1.82, 2.24) is 19.8 Å². The Kier molecular flexibility index (Phi) is 6.85. The molecule has 0 aliphatic carbocycles. The maximum Gasteiger partial charge on any atom is 0.247 e. The normalized spacial score (nSPS) is 15.0. The second-order valence-corrected chi connectivity index (χ2v) is 9.81. The van der Waals surface area contributed by atoms with Crippen LogP contribution in [-0.2, 0) is 21.2 Å². The zero-order valence-corrected chi connectivity index (χ0v) is 19.0. The third-order valence-corrected chi connectivity index (χ3v) is 7.15. The van der Waals surface area contributed by atoms with Crippen molar-refractivity contribution >= 4 is 15.9 Å². The van der Waals surface area contributed by atoms with E-state index >= 15 is 0 Å². The number of carbonyl (C=O) groups excluding carboxylic acids is 1. The minimum absolute atomic E-state index is 0.0203. The number of hydrogen-bond donors (Lipinski definition) is 1. The molecule has 1 aromatic heterocycles. The van der Waals surface area contributed by atoms with Gasteiger partial charge in [-0.05, 0) is 56.2 Å². The van der Waals surface area contributed by atoms with Crippen LogP contribution in [0.2, 0.25) is 0 Å². The highest BCUT2D eigenvalue weighted by Gasteiger charge is 2.27. The topological polar surface area (TPSA) is 105 Å². The van der Waals surface area contributed by atoms with Gasteiger partial charge in [0.1, 0.15) is 5.82 Å². The Morgan fingerprint density at radius 2 is 1.76 bits per heavy atom. The fourth-order valence-corrected chi connectivity index (χ4v) is 4.99. The Bertz CT molecular complexity index is 1200. The van der Waals surface area contributed by atoms with Crippen LogP contribution in [0.15, 0.2) is 57.8 Å². The van der Waals surface area contributed by atoms with Gasteiger partial charge in [0.25, 0.3) is 0 Å². The molecule has 0 radical (unpaired) electrons. The van der Waals surface area contributed by atoms with Crippen LogP contribution in [0.1, 0.15) is 30.7 Å². The third kappa shape index (κ3) is 5.82. The number of carbonyl (C=O) groups is 1. The van der Waals surface area contributed by atoms with Crippen molar-refractivity contribution in [2.45, 2.75) is 43.5 Å². The van der Waals surface area contributed by atoms with Crippen molar-refractivity contribution in [3.63, 3.8) is 0 Å². The standard InChI is InChI=1S/C23H25FN4O4S/c1-16-2-4-17(5-3-16)23-26-25-21(32-23)10-11-22(29)28-14-12-19(13-15-28)27-33(30,31)20-8-6-18(24)7-9-20/h2-9,19,27H,10-15H2,1H3. The third-order valence-electron chi connectivity index (χ3n) is 5.61. The van der Waals surface area contributed by atoms with Gasteiger partial charge in [-0.2, -0.15) is 0 Å². The van der Waals surface area contributed by atoms with Crippen molar-refractivity contribution in [1.29, 1.82) is 0 Å². The van der Waals surface area contributed by atoms with Crippen molar-refractivity contribution in [2.24, 2.45) is 0 Å². The molecule has 33 heavy (non-hydrogen) atoms. The van der Waals surface area contributed by atoms with Crippen LogP contribution in [0.5, 0.6) is 0 Å². The summed E-state index contributed by atoms with van der Waals surface area (Å²) in [6, 6.07) is 12.2. The Balaban J connectivity index is 1.25. The van der Waals surface area contributed by atoms with Gasteiger partial charge in [-0.25, -0.2) is 17.5 Å². The molecule has 3 aromatic rings. The summed E-state index contributed by atoms with van der Waals surface area (Å²) in [6.45, 7) is 2.90. The van der Waals surface area contributed by atoms with Crippen LogP contribution in [-0.4, -0.2) is 48.6 Å². The van der Waals surface area contributed by atoms with Crippen molar-refractivity contribution < 1.29 is 22.0 Å². The van der Waals surface area contributed by atoms with E-state index in [9.17, 15) is 17.6 Å². The van der Waals surface area contributed by atoms with E-state index in [1.54, 1.807) is 4.90 Å². The number of sulfonamides is 1. The Morgan fingerprint density at radius 1 is 1.09 bits per heavy atom. The fourth-order valence-electron chi connectivity index (χ4n) is 3.69. The van der Waals surface area contributed by atoms with Gasteiger partial charge in [0.05, 0.1) is 4.90 Å². The highest BCUT2D eigenvalue weighted by atomic mass is 32.2. The lowest BCUT2D eigenvalue weighted by molar-refractivity contribution is -0.132. The molecule has 1 N–H and O–H groups in total. The molecular formula is C23H25FN4O4S. The maximum absolute atomic E-state index is 13.0. The summed E-state index contributed by atoms with van der Waals surface area (Å²) in [5, 5.41) is 8.08. The van der Waals surface area contributed by atoms with Crippen LogP contribution in [0.4, 0.5) is 4.39 Å². The van der Waals surface area contributed by atoms with E-state index in [0.717, 1.165) is 23.3 Å². The molecule has 1 fully saturated rings. The minimum Gasteiger partial charge on any atom is -0.421 e. The monoisotopic (exact) mass is 472 g/mol. The molecule has 0 spiro atoms. The number of rotatable bonds is 7. The average molecular weight is 473 g/mol. The molecule has 174 valence electrons. The summed E-state index contributed by atoms with van der Waals surface area (Å²) in [5.74, 6) is 0.296. The van der Waals surface area contributed by atoms with Gasteiger partial charge in [-0.1, -0.05) is 17.7 Å². The minimum atomic E-state index is -3.73. The van der Waals surface area contributed by atoms with Crippen LogP contribution < -0.4 is 4.72 Å². The highest BCUT2D eigenvalue weighted by molar-refractivity contribution is 7.89. The lowest BCUT2D eigenvalue weighted by Crippen LogP contribution is -2.46. The highest BCUT2D eigenvalue weighted by Crippen LogP contribution is 2.20. The zero-order chi connectivity index (χ0) is 23.4. The molecule has 1 aliphatic rings. The quantitative estimate of drug-likeness (QED) is 0.567. The molecule has 1 saturated heterocycles. The first-order chi connectivity index (χ1) is 15.8. The number of hydrogen-bond acceptors (Lipinski definition) is 6. The van der Waals surface area contributed by atoms with Gasteiger partial charge in [-0.3, -0.25) is 4.79 Å². The predicted octanol–water partition coefficient (Wildman–Crippen LogP) is 3.09. The van der Waals surface area contributed by atoms with Crippen LogP contribution >= 0.6 is 0 Å². The summed E-state index contributed by atoms with van der Waals surface area (Å²) in [7, 11) is -3.73. The summed E-state index contributed by atoms with van der Waals surface area (Å²) in [6.07, 6.45) is 1.59. The summed E-state index contributed by atoms with van der Waals surface area (Å²) < 4.78 is 46.3. The van der Waals surface area contributed by atoms with Crippen LogP contribution in [0, 0.1) is 12.7 Å². The number of piperidine rings is 1. The van der Waals surface area contributed by atoms with Crippen LogP contribution in [0.25, 0.3) is 11.5 Å². The number of aromatic nitrogens is 2. The Labute approximate surface area is 191 Å². The molecule has 0 saturated carbocycles. The lowest BCUT2D eigenvalue weighted by atomic mass is 10.1. The van der Waals surface area contributed by atoms with E-state index in [4.69, 9.17) is 4.42 Å². The molecule has 2 heterocycles. The summed E-state index contributed by atoms with van der Waals surface area (Å²) in [4.78, 5) is 14.3. The summed E-state index contributed by atoms with van der Waals surface area (Å²) in [5.41, 5.74) is 1.96. The smallest absolute Gasteiger partial charge is 0.247 e. The first kappa shape index (κ1) is 23.1. The number of amides is 1. The predicted molar refractivity (Wildman–Crippen MR) is 119 cm³/mol. The molecule has 1 amide bonds. The second kappa shape index (κ2) is 9.80. The van der Waals surface area contributed by atoms with Gasteiger partial charge in [0.2, 0.25) is 27.7 Å². The van der Waals surface area contributed by atoms with Crippen molar-refractivity contribution in [3.8, 4) is 11.5 Å². The van der Waals surface area contributed by atoms with Gasteiger partial charge >= 0.3 is 0 Å². The fraction of sp³-hybridized carbons (Fsp3) is 0.348. The van der Waals surface area contributed by atoms with E-state index in [-0.39, 0.29) is 23.3 Å². The van der Waals surface area contributed by atoms with E-state index < -0.39 is 15.8 Å². The Hall–Kier alpha value is -3.11. The Morgan fingerprint density at radius 3 is 2.42 bits per heavy atom. The number of halogens is 1. The lowest BCUT2D eigenvalue weighted by Gasteiger charge is -2.32. The van der Waals surface area contributed by atoms with Gasteiger partial charge < -0.3 is 9.32 Å². The molecule has 1 aliphatic heterocycles. The number of nitrogens with one attached hydrogen (secondary N) is 1. The van der Waals surface area contributed by atoms with E-state index in [1.165, 1.54) is 12.1 Å². The summed E-state index contributed by atoms with van der Waals surface area (Å²) >= 11 is 0. The van der Waals surface area contributed by atoms with E-state index in [0.29, 0.717) is 44.1 Å². The van der Waals surface area contributed by atoms with Crippen LogP contribution in [0.3, 0.4) is 0 Å². The van der Waals surface area contributed by atoms with E-state index in [2.05, 4.69) is 14.9 Å². The second-order valence-electron chi connectivity index (χ2n) is 8.10. The van der Waals surface area contributed by atoms with E-state index in [1.807, 2.05) is 31.2 Å². The first-order valence-corrected chi connectivity index (χ1v) is 12.2. The molecule has 0 unspecified atom stereocenters. The number of aryl methyl sites for hydroxylation is 2. The molecular weight excluding hydrogens is 447 g/mol. The van der Waals surface area contributed by atoms with Gasteiger partial charge in [0, 0.05) is 37.5 Å². The number of likely N-dealkylation sites (tertiary alicyclic amines) is 1. The largest absolute Gasteiger partial charge is 0.421 e. The molecule has 8 nitrogen and oxygen atoms in total. The number of benzene rings is 2. The average Bonchev–Trinajstić information content (AvgIpc) is 3.27. The SMILES string of the molecule is Cc1ccc(-c2nnc(CCC(=O)N3CCC(NS(=O)(=O)c4ccc(F)cc4)CC3)o2)cc1.